The number of oxime groups is 1. The predicted octanol–water partition coefficient (Wildman–Crippen LogP) is 3.91. The van der Waals surface area contributed by atoms with E-state index in [4.69, 9.17) is 9.57 Å². The zero-order chi connectivity index (χ0) is 16.1. The maximum Gasteiger partial charge on any atom is 0.347 e. The maximum atomic E-state index is 11.3. The fourth-order valence-corrected chi connectivity index (χ4v) is 2.57. The van der Waals surface area contributed by atoms with Crippen LogP contribution in [0, 0.1) is 0 Å². The average Bonchev–Trinajstić information content (AvgIpc) is 2.58. The van der Waals surface area contributed by atoms with Crippen molar-refractivity contribution in [2.75, 3.05) is 13.2 Å². The zero-order valence-corrected chi connectivity index (χ0v) is 12.9. The van der Waals surface area contributed by atoms with Gasteiger partial charge in [-0.25, -0.2) is 4.79 Å². The Morgan fingerprint density at radius 1 is 1.04 bits per heavy atom. The van der Waals surface area contributed by atoms with Crippen molar-refractivity contribution in [1.82, 2.24) is 0 Å². The molecule has 3 aromatic carbocycles. The van der Waals surface area contributed by atoms with Crippen molar-refractivity contribution in [3.05, 3.63) is 60.2 Å². The molecular formula is C19H17NO3. The van der Waals surface area contributed by atoms with Gasteiger partial charge in [0.2, 0.25) is 6.61 Å². The molecule has 0 amide bonds. The first kappa shape index (κ1) is 15.0. The Kier molecular flexibility index (Phi) is 4.52. The van der Waals surface area contributed by atoms with Gasteiger partial charge in [0.05, 0.1) is 12.8 Å². The molecule has 0 aliphatic heterocycles. The van der Waals surface area contributed by atoms with E-state index in [1.807, 2.05) is 24.3 Å². The van der Waals surface area contributed by atoms with Gasteiger partial charge < -0.3 is 9.57 Å². The van der Waals surface area contributed by atoms with E-state index in [1.165, 1.54) is 0 Å². The first-order chi connectivity index (χ1) is 11.3. The van der Waals surface area contributed by atoms with Gasteiger partial charge in [0, 0.05) is 5.56 Å². The summed E-state index contributed by atoms with van der Waals surface area (Å²) in [6.45, 7) is 1.90. The van der Waals surface area contributed by atoms with Crippen molar-refractivity contribution >= 4 is 33.7 Å². The van der Waals surface area contributed by atoms with Crippen LogP contribution in [-0.4, -0.2) is 25.4 Å². The smallest absolute Gasteiger partial charge is 0.347 e. The summed E-state index contributed by atoms with van der Waals surface area (Å²) in [6, 6.07) is 18.4. The normalized spacial score (nSPS) is 11.2. The van der Waals surface area contributed by atoms with Crippen LogP contribution in [0.3, 0.4) is 0 Å². The van der Waals surface area contributed by atoms with Gasteiger partial charge in [-0.05, 0) is 34.5 Å². The molecule has 116 valence electrons. The number of fused-ring (bicyclic) bond motifs is 2. The van der Waals surface area contributed by atoms with Crippen molar-refractivity contribution in [3.63, 3.8) is 0 Å². The van der Waals surface area contributed by atoms with Gasteiger partial charge in [0.15, 0.2) is 0 Å². The molecule has 4 heteroatoms. The number of carbonyl (C=O) groups is 1. The Labute approximate surface area is 134 Å². The second-order valence-corrected chi connectivity index (χ2v) is 5.05. The third-order valence-corrected chi connectivity index (χ3v) is 3.56. The number of hydrogen-bond donors (Lipinski definition) is 0. The molecule has 0 atom stereocenters. The molecular weight excluding hydrogens is 290 g/mol. The highest BCUT2D eigenvalue weighted by atomic mass is 16.6. The van der Waals surface area contributed by atoms with Gasteiger partial charge in [-0.1, -0.05) is 53.7 Å². The molecule has 0 bridgehead atoms. The van der Waals surface area contributed by atoms with Gasteiger partial charge in [-0.15, -0.1) is 0 Å². The van der Waals surface area contributed by atoms with Crippen LogP contribution >= 0.6 is 0 Å². The standard InChI is InChI=1S/C19H17NO3/c1-2-22-19(21)13-23-20-12-18-16-9-5-3-7-14(16)11-15-8-4-6-10-17(15)18/h3-12H,2,13H2,1H3/b20-12-. The quantitative estimate of drug-likeness (QED) is 0.311. The summed E-state index contributed by atoms with van der Waals surface area (Å²) >= 11 is 0. The molecule has 0 saturated carbocycles. The summed E-state index contributed by atoms with van der Waals surface area (Å²) in [5, 5.41) is 8.40. The first-order valence-electron chi connectivity index (χ1n) is 7.51. The van der Waals surface area contributed by atoms with Crippen LogP contribution < -0.4 is 0 Å². The van der Waals surface area contributed by atoms with Crippen LogP contribution in [0.5, 0.6) is 0 Å². The Bertz CT molecular complexity index is 817. The summed E-state index contributed by atoms with van der Waals surface area (Å²) < 4.78 is 4.80. The molecule has 0 fully saturated rings. The lowest BCUT2D eigenvalue weighted by Crippen LogP contribution is -2.10. The Morgan fingerprint density at radius 3 is 2.26 bits per heavy atom. The summed E-state index contributed by atoms with van der Waals surface area (Å²) in [4.78, 5) is 16.3. The summed E-state index contributed by atoms with van der Waals surface area (Å²) in [7, 11) is 0. The van der Waals surface area contributed by atoms with E-state index in [9.17, 15) is 4.79 Å². The molecule has 0 radical (unpaired) electrons. The van der Waals surface area contributed by atoms with Gasteiger partial charge >= 0.3 is 5.97 Å². The minimum Gasteiger partial charge on any atom is -0.463 e. The summed E-state index contributed by atoms with van der Waals surface area (Å²) in [6.07, 6.45) is 1.66. The van der Waals surface area contributed by atoms with Crippen molar-refractivity contribution in [3.8, 4) is 0 Å². The van der Waals surface area contributed by atoms with Crippen molar-refractivity contribution in [1.29, 1.82) is 0 Å². The number of carbonyl (C=O) groups excluding carboxylic acids is 1. The largest absolute Gasteiger partial charge is 0.463 e. The Morgan fingerprint density at radius 2 is 1.65 bits per heavy atom. The topological polar surface area (TPSA) is 47.9 Å². The summed E-state index contributed by atoms with van der Waals surface area (Å²) in [5.74, 6) is -0.424. The second kappa shape index (κ2) is 6.92. The van der Waals surface area contributed by atoms with E-state index in [0.29, 0.717) is 6.61 Å². The van der Waals surface area contributed by atoms with Crippen molar-refractivity contribution in [2.45, 2.75) is 6.92 Å². The molecule has 0 aliphatic rings. The third kappa shape index (κ3) is 3.31. The molecule has 3 aromatic rings. The highest BCUT2D eigenvalue weighted by molar-refractivity contribution is 6.13. The monoisotopic (exact) mass is 307 g/mol. The molecule has 23 heavy (non-hydrogen) atoms. The number of esters is 1. The Balaban J connectivity index is 1.95. The Hall–Kier alpha value is -2.88. The number of hydrogen-bond acceptors (Lipinski definition) is 4. The van der Waals surface area contributed by atoms with Crippen LogP contribution in [0.25, 0.3) is 21.5 Å². The molecule has 0 spiro atoms. The second-order valence-electron chi connectivity index (χ2n) is 5.05. The van der Waals surface area contributed by atoms with E-state index < -0.39 is 5.97 Å². The van der Waals surface area contributed by atoms with Gasteiger partial charge in [0.1, 0.15) is 0 Å². The molecule has 0 unspecified atom stereocenters. The lowest BCUT2D eigenvalue weighted by Gasteiger charge is -2.07. The molecule has 0 saturated heterocycles. The van der Waals surface area contributed by atoms with E-state index >= 15 is 0 Å². The highest BCUT2D eigenvalue weighted by Crippen LogP contribution is 2.27. The fourth-order valence-electron chi connectivity index (χ4n) is 2.57. The minimum absolute atomic E-state index is 0.187. The van der Waals surface area contributed by atoms with Crippen molar-refractivity contribution < 1.29 is 14.4 Å². The van der Waals surface area contributed by atoms with Crippen LogP contribution in [0.2, 0.25) is 0 Å². The summed E-state index contributed by atoms with van der Waals surface area (Å²) in [5.41, 5.74) is 0.975. The van der Waals surface area contributed by atoms with Gasteiger partial charge in [0.25, 0.3) is 0 Å². The van der Waals surface area contributed by atoms with E-state index in [2.05, 4.69) is 35.5 Å². The molecule has 0 N–H and O–H groups in total. The number of nitrogens with zero attached hydrogens (tertiary/aromatic N) is 1. The number of rotatable bonds is 5. The van der Waals surface area contributed by atoms with Crippen LogP contribution in [0.1, 0.15) is 12.5 Å². The maximum absolute atomic E-state index is 11.3. The SMILES string of the molecule is CCOC(=O)CO/N=C\c1c2ccccc2cc2ccccc12. The van der Waals surface area contributed by atoms with E-state index in [0.717, 1.165) is 27.1 Å². The fraction of sp³-hybridized carbons (Fsp3) is 0.158. The molecule has 0 aromatic heterocycles. The van der Waals surface area contributed by atoms with Gasteiger partial charge in [-0.3, -0.25) is 0 Å². The molecule has 3 rings (SSSR count). The van der Waals surface area contributed by atoms with Crippen LogP contribution in [0.4, 0.5) is 0 Å². The molecule has 0 heterocycles. The van der Waals surface area contributed by atoms with Crippen LogP contribution in [-0.2, 0) is 14.4 Å². The van der Waals surface area contributed by atoms with Crippen molar-refractivity contribution in [2.24, 2.45) is 5.16 Å². The minimum atomic E-state index is -0.424. The lowest BCUT2D eigenvalue weighted by molar-refractivity contribution is -0.148. The van der Waals surface area contributed by atoms with E-state index in [-0.39, 0.29) is 6.61 Å². The number of benzene rings is 3. The molecule has 0 aliphatic carbocycles. The molecule has 4 nitrogen and oxygen atoms in total. The van der Waals surface area contributed by atoms with Crippen LogP contribution in [0.15, 0.2) is 59.8 Å². The first-order valence-corrected chi connectivity index (χ1v) is 7.51. The zero-order valence-electron chi connectivity index (χ0n) is 12.9. The van der Waals surface area contributed by atoms with Gasteiger partial charge in [-0.2, -0.15) is 0 Å². The lowest BCUT2D eigenvalue weighted by atomic mass is 9.97. The number of ether oxygens (including phenoxy) is 1. The highest BCUT2D eigenvalue weighted by Gasteiger charge is 2.06. The third-order valence-electron chi connectivity index (χ3n) is 3.56. The predicted molar refractivity (Wildman–Crippen MR) is 91.6 cm³/mol. The van der Waals surface area contributed by atoms with E-state index in [1.54, 1.807) is 13.1 Å². The average molecular weight is 307 g/mol.